The molecule has 0 fully saturated rings. The second-order valence-electron chi connectivity index (χ2n) is 4.24. The van der Waals surface area contributed by atoms with E-state index < -0.39 is 12.8 Å². The average molecular weight is 316 g/mol. The number of aliphatic imine (C=N–C) groups is 1. The van der Waals surface area contributed by atoms with Gasteiger partial charge in [-0.2, -0.15) is 13.2 Å². The van der Waals surface area contributed by atoms with E-state index in [9.17, 15) is 13.2 Å². The Balaban J connectivity index is 2.76. The predicted octanol–water partition coefficient (Wildman–Crippen LogP) is 2.26. The molecule has 0 spiro atoms. The molecule has 1 heterocycles. The maximum Gasteiger partial charge on any atom is 0.422 e. The molecular weight excluding hydrogens is 297 g/mol. The van der Waals surface area contributed by atoms with Crippen molar-refractivity contribution >= 4 is 5.96 Å². The number of pyridine rings is 1. The van der Waals surface area contributed by atoms with Crippen molar-refractivity contribution in [3.05, 3.63) is 36.5 Å². The van der Waals surface area contributed by atoms with Crippen LogP contribution < -0.4 is 15.4 Å². The fraction of sp³-hybridized carbons (Fsp3) is 0.429. The van der Waals surface area contributed by atoms with Crippen LogP contribution >= 0.6 is 0 Å². The van der Waals surface area contributed by atoms with Gasteiger partial charge in [-0.15, -0.1) is 6.58 Å². The molecule has 122 valence electrons. The molecular formula is C14H19F3N4O. The lowest BCUT2D eigenvalue weighted by Gasteiger charge is -2.12. The van der Waals surface area contributed by atoms with Gasteiger partial charge in [-0.05, 0) is 13.0 Å². The van der Waals surface area contributed by atoms with E-state index in [1.807, 2.05) is 6.92 Å². The van der Waals surface area contributed by atoms with E-state index in [0.717, 1.165) is 0 Å². The Bertz CT molecular complexity index is 503. The number of rotatable bonds is 7. The van der Waals surface area contributed by atoms with Crippen LogP contribution in [0.3, 0.4) is 0 Å². The van der Waals surface area contributed by atoms with E-state index >= 15 is 0 Å². The summed E-state index contributed by atoms with van der Waals surface area (Å²) in [6, 6.07) is 3.24. The van der Waals surface area contributed by atoms with Crippen molar-refractivity contribution in [3.63, 3.8) is 0 Å². The molecule has 0 radical (unpaired) electrons. The van der Waals surface area contributed by atoms with Crippen LogP contribution in [0.4, 0.5) is 13.2 Å². The molecule has 0 aliphatic carbocycles. The third-order valence-electron chi connectivity index (χ3n) is 2.39. The molecule has 0 aromatic carbocycles. The molecule has 22 heavy (non-hydrogen) atoms. The second-order valence-corrected chi connectivity index (χ2v) is 4.24. The summed E-state index contributed by atoms with van der Waals surface area (Å²) >= 11 is 0. The van der Waals surface area contributed by atoms with Crippen molar-refractivity contribution in [2.75, 3.05) is 19.7 Å². The van der Waals surface area contributed by atoms with Crippen LogP contribution in [0.2, 0.25) is 0 Å². The van der Waals surface area contributed by atoms with Gasteiger partial charge in [-0.3, -0.25) is 0 Å². The molecule has 5 nitrogen and oxygen atoms in total. The van der Waals surface area contributed by atoms with E-state index in [-0.39, 0.29) is 12.4 Å². The Labute approximate surface area is 127 Å². The van der Waals surface area contributed by atoms with Crippen molar-refractivity contribution in [1.82, 2.24) is 15.6 Å². The van der Waals surface area contributed by atoms with Crippen molar-refractivity contribution in [2.24, 2.45) is 4.99 Å². The van der Waals surface area contributed by atoms with Crippen LogP contribution in [0, 0.1) is 0 Å². The van der Waals surface area contributed by atoms with Crippen molar-refractivity contribution in [1.29, 1.82) is 0 Å². The molecule has 8 heteroatoms. The fourth-order valence-corrected chi connectivity index (χ4v) is 1.50. The molecule has 1 aromatic rings. The van der Waals surface area contributed by atoms with E-state index in [4.69, 9.17) is 4.74 Å². The zero-order valence-corrected chi connectivity index (χ0v) is 12.3. The van der Waals surface area contributed by atoms with Crippen molar-refractivity contribution < 1.29 is 17.9 Å². The van der Waals surface area contributed by atoms with Gasteiger partial charge < -0.3 is 15.4 Å². The number of hydrogen-bond acceptors (Lipinski definition) is 3. The molecule has 1 aromatic heterocycles. The van der Waals surface area contributed by atoms with E-state index in [1.54, 1.807) is 18.2 Å². The first-order chi connectivity index (χ1) is 10.5. The van der Waals surface area contributed by atoms with Crippen molar-refractivity contribution in [2.45, 2.75) is 19.6 Å². The third-order valence-corrected chi connectivity index (χ3v) is 2.39. The lowest BCUT2D eigenvalue weighted by atomic mass is 10.3. The largest absolute Gasteiger partial charge is 0.468 e. The lowest BCUT2D eigenvalue weighted by Crippen LogP contribution is -2.37. The van der Waals surface area contributed by atoms with Crippen molar-refractivity contribution in [3.8, 4) is 5.88 Å². The highest BCUT2D eigenvalue weighted by Gasteiger charge is 2.29. The number of nitrogens with zero attached hydrogens (tertiary/aromatic N) is 2. The molecule has 0 aliphatic rings. The molecule has 0 bridgehead atoms. The van der Waals surface area contributed by atoms with Gasteiger partial charge in [0.15, 0.2) is 12.6 Å². The van der Waals surface area contributed by atoms with Gasteiger partial charge in [0, 0.05) is 24.8 Å². The SMILES string of the molecule is C=CCNC(=NCc1cccnc1OCC(F)(F)F)NCC. The first-order valence-electron chi connectivity index (χ1n) is 6.72. The Morgan fingerprint density at radius 1 is 1.45 bits per heavy atom. The molecule has 0 aliphatic heterocycles. The van der Waals surface area contributed by atoms with Gasteiger partial charge in [0.05, 0.1) is 6.54 Å². The summed E-state index contributed by atoms with van der Waals surface area (Å²) < 4.78 is 41.4. The number of nitrogens with one attached hydrogen (secondary N) is 2. The monoisotopic (exact) mass is 316 g/mol. The fourth-order valence-electron chi connectivity index (χ4n) is 1.50. The van der Waals surface area contributed by atoms with Gasteiger partial charge in [0.2, 0.25) is 5.88 Å². The van der Waals surface area contributed by atoms with E-state index in [1.165, 1.54) is 6.20 Å². The number of aromatic nitrogens is 1. The maximum atomic E-state index is 12.2. The smallest absolute Gasteiger partial charge is 0.422 e. The zero-order chi connectivity index (χ0) is 16.4. The molecule has 0 saturated carbocycles. The zero-order valence-electron chi connectivity index (χ0n) is 12.3. The summed E-state index contributed by atoms with van der Waals surface area (Å²) in [6.07, 6.45) is -1.35. The Kier molecular flexibility index (Phi) is 7.21. The van der Waals surface area contributed by atoms with Crippen LogP contribution in [-0.2, 0) is 6.54 Å². The van der Waals surface area contributed by atoms with Crippen LogP contribution in [0.25, 0.3) is 0 Å². The van der Waals surface area contributed by atoms with Gasteiger partial charge in [0.1, 0.15) is 0 Å². The highest BCUT2D eigenvalue weighted by Crippen LogP contribution is 2.20. The summed E-state index contributed by atoms with van der Waals surface area (Å²) in [6.45, 7) is 5.45. The van der Waals surface area contributed by atoms with E-state index in [2.05, 4.69) is 27.2 Å². The van der Waals surface area contributed by atoms with Gasteiger partial charge in [-0.1, -0.05) is 12.1 Å². The second kappa shape index (κ2) is 8.91. The van der Waals surface area contributed by atoms with Crippen LogP contribution in [0.5, 0.6) is 5.88 Å². The Morgan fingerprint density at radius 2 is 2.23 bits per heavy atom. The van der Waals surface area contributed by atoms with Gasteiger partial charge in [0.25, 0.3) is 0 Å². The number of ether oxygens (including phenoxy) is 1. The summed E-state index contributed by atoms with van der Waals surface area (Å²) in [4.78, 5) is 8.09. The molecule has 1 rings (SSSR count). The Hall–Kier alpha value is -2.25. The summed E-state index contributed by atoms with van der Waals surface area (Å²) in [5, 5.41) is 6.01. The number of guanidine groups is 1. The number of halogens is 3. The van der Waals surface area contributed by atoms with Crippen LogP contribution in [0.15, 0.2) is 36.0 Å². The summed E-state index contributed by atoms with van der Waals surface area (Å²) in [7, 11) is 0. The third kappa shape index (κ3) is 6.96. The highest BCUT2D eigenvalue weighted by atomic mass is 19.4. The first kappa shape index (κ1) is 17.8. The standard InChI is InChI=1S/C14H19F3N4O/c1-3-7-20-13(18-4-2)21-9-11-6-5-8-19-12(11)22-10-14(15,16)17/h3,5-6,8H,1,4,7,9-10H2,2H3,(H2,18,20,21). The molecule has 2 N–H and O–H groups in total. The Morgan fingerprint density at radius 3 is 2.86 bits per heavy atom. The lowest BCUT2D eigenvalue weighted by molar-refractivity contribution is -0.154. The van der Waals surface area contributed by atoms with Gasteiger partial charge in [-0.25, -0.2) is 9.98 Å². The number of alkyl halides is 3. The molecule has 0 unspecified atom stereocenters. The predicted molar refractivity (Wildman–Crippen MR) is 78.8 cm³/mol. The summed E-state index contributed by atoms with van der Waals surface area (Å²) in [5.41, 5.74) is 0.475. The van der Waals surface area contributed by atoms with Gasteiger partial charge >= 0.3 is 6.18 Å². The normalized spacial score (nSPS) is 11.9. The molecule has 0 amide bonds. The molecule has 0 atom stereocenters. The van der Waals surface area contributed by atoms with Crippen LogP contribution in [0.1, 0.15) is 12.5 Å². The minimum absolute atomic E-state index is 0.0665. The maximum absolute atomic E-state index is 12.2. The average Bonchev–Trinajstić information content (AvgIpc) is 2.48. The minimum atomic E-state index is -4.40. The topological polar surface area (TPSA) is 58.5 Å². The molecule has 0 saturated heterocycles. The highest BCUT2D eigenvalue weighted by molar-refractivity contribution is 5.79. The first-order valence-corrected chi connectivity index (χ1v) is 6.72. The quantitative estimate of drug-likeness (QED) is 0.460. The van der Waals surface area contributed by atoms with Crippen LogP contribution in [-0.4, -0.2) is 36.8 Å². The number of hydrogen-bond donors (Lipinski definition) is 2. The van der Waals surface area contributed by atoms with E-state index in [0.29, 0.717) is 24.6 Å². The summed E-state index contributed by atoms with van der Waals surface area (Å²) in [5.74, 6) is 0.469. The minimum Gasteiger partial charge on any atom is -0.468 e.